The van der Waals surface area contributed by atoms with E-state index in [-0.39, 0.29) is 17.1 Å². The van der Waals surface area contributed by atoms with Crippen molar-refractivity contribution in [3.05, 3.63) is 57.8 Å². The average molecular weight is 287 g/mol. The predicted octanol–water partition coefficient (Wildman–Crippen LogP) is 2.99. The topological polar surface area (TPSA) is 105 Å². The molecule has 1 aromatic heterocycles. The second-order valence-corrected chi connectivity index (χ2v) is 4.29. The lowest BCUT2D eigenvalue weighted by Gasteiger charge is -2.10. The molecule has 0 atom stereocenters. The van der Waals surface area contributed by atoms with E-state index in [1.165, 1.54) is 0 Å². The Morgan fingerprint density at radius 1 is 1.43 bits per heavy atom. The predicted molar refractivity (Wildman–Crippen MR) is 77.0 cm³/mol. The van der Waals surface area contributed by atoms with Crippen LogP contribution in [0.4, 0.5) is 17.2 Å². The van der Waals surface area contributed by atoms with Gasteiger partial charge in [0.05, 0.1) is 10.5 Å². The van der Waals surface area contributed by atoms with Gasteiger partial charge in [0, 0.05) is 18.0 Å². The maximum Gasteiger partial charge on any atom is 0.337 e. The number of para-hydroxylation sites is 1. The Kier molecular flexibility index (Phi) is 4.13. The summed E-state index contributed by atoms with van der Waals surface area (Å²) in [5.74, 6) is -1.24. The zero-order chi connectivity index (χ0) is 15.4. The number of carboxylic acid groups (broad SMARTS) is 1. The molecule has 0 fully saturated rings. The van der Waals surface area contributed by atoms with Gasteiger partial charge in [-0.2, -0.15) is 0 Å². The van der Waals surface area contributed by atoms with Crippen LogP contribution in [0.1, 0.15) is 22.8 Å². The third-order valence-corrected chi connectivity index (χ3v) is 2.96. The molecule has 0 saturated carbocycles. The molecule has 108 valence electrons. The fourth-order valence-corrected chi connectivity index (χ4v) is 1.88. The van der Waals surface area contributed by atoms with Crippen LogP contribution in [0.5, 0.6) is 0 Å². The molecule has 7 heteroatoms. The van der Waals surface area contributed by atoms with Gasteiger partial charge in [0.15, 0.2) is 0 Å². The Balaban J connectivity index is 2.44. The third-order valence-electron chi connectivity index (χ3n) is 2.96. The van der Waals surface area contributed by atoms with E-state index in [4.69, 9.17) is 5.11 Å². The summed E-state index contributed by atoms with van der Waals surface area (Å²) in [4.78, 5) is 25.1. The normalized spacial score (nSPS) is 10.1. The maximum atomic E-state index is 11.1. The van der Waals surface area contributed by atoms with Crippen LogP contribution in [-0.4, -0.2) is 21.0 Å². The van der Waals surface area contributed by atoms with E-state index in [9.17, 15) is 14.9 Å². The van der Waals surface area contributed by atoms with Crippen molar-refractivity contribution in [2.75, 3.05) is 5.32 Å². The quantitative estimate of drug-likeness (QED) is 0.647. The number of nitro groups is 1. The van der Waals surface area contributed by atoms with Gasteiger partial charge >= 0.3 is 11.7 Å². The number of carbonyl (C=O) groups is 1. The van der Waals surface area contributed by atoms with Crippen molar-refractivity contribution in [1.29, 1.82) is 0 Å². The largest absolute Gasteiger partial charge is 0.478 e. The van der Waals surface area contributed by atoms with Crippen LogP contribution in [0.25, 0.3) is 0 Å². The van der Waals surface area contributed by atoms with Gasteiger partial charge in [-0.15, -0.1) is 0 Å². The van der Waals surface area contributed by atoms with Crippen LogP contribution >= 0.6 is 0 Å². The van der Waals surface area contributed by atoms with Crippen molar-refractivity contribution < 1.29 is 14.8 Å². The van der Waals surface area contributed by atoms with Crippen LogP contribution in [-0.2, 0) is 6.42 Å². The summed E-state index contributed by atoms with van der Waals surface area (Å²) in [6.07, 6.45) is 1.84. The number of rotatable bonds is 5. The standard InChI is InChI=1S/C14H13N3O4/c1-2-9-5-3-4-6-11(9)16-13-12(17(20)21)7-10(8-15-13)14(18)19/h3-8H,2H2,1H3,(H,15,16)(H,18,19). The zero-order valence-electron chi connectivity index (χ0n) is 11.2. The smallest absolute Gasteiger partial charge is 0.337 e. The summed E-state index contributed by atoms with van der Waals surface area (Å²) in [6.45, 7) is 1.97. The van der Waals surface area contributed by atoms with E-state index in [1.807, 2.05) is 19.1 Å². The second-order valence-electron chi connectivity index (χ2n) is 4.29. The molecule has 0 aliphatic heterocycles. The first kappa shape index (κ1) is 14.4. The van der Waals surface area contributed by atoms with Crippen LogP contribution < -0.4 is 5.32 Å². The monoisotopic (exact) mass is 287 g/mol. The highest BCUT2D eigenvalue weighted by molar-refractivity contribution is 5.89. The number of nitrogens with zero attached hydrogens (tertiary/aromatic N) is 2. The number of carboxylic acids is 1. The summed E-state index contributed by atoms with van der Waals surface area (Å²) in [5, 5.41) is 22.8. The number of aromatic nitrogens is 1. The number of pyridine rings is 1. The van der Waals surface area contributed by atoms with Crippen molar-refractivity contribution in [2.24, 2.45) is 0 Å². The molecule has 0 amide bonds. The highest BCUT2D eigenvalue weighted by Crippen LogP contribution is 2.28. The van der Waals surface area contributed by atoms with E-state index in [0.717, 1.165) is 24.2 Å². The van der Waals surface area contributed by atoms with Gasteiger partial charge in [-0.1, -0.05) is 25.1 Å². The van der Waals surface area contributed by atoms with Gasteiger partial charge in [0.1, 0.15) is 0 Å². The van der Waals surface area contributed by atoms with Crippen LogP contribution in [0.3, 0.4) is 0 Å². The van der Waals surface area contributed by atoms with Gasteiger partial charge in [0.25, 0.3) is 0 Å². The molecule has 0 aliphatic carbocycles. The number of aryl methyl sites for hydroxylation is 1. The Hall–Kier alpha value is -2.96. The molecule has 7 nitrogen and oxygen atoms in total. The molecule has 0 unspecified atom stereocenters. The van der Waals surface area contributed by atoms with Gasteiger partial charge in [-0.25, -0.2) is 9.78 Å². The first-order chi connectivity index (χ1) is 10.0. The molecule has 2 N–H and O–H groups in total. The van der Waals surface area contributed by atoms with Gasteiger partial charge in [-0.3, -0.25) is 10.1 Å². The Morgan fingerprint density at radius 3 is 2.76 bits per heavy atom. The van der Waals surface area contributed by atoms with Crippen molar-refractivity contribution in [2.45, 2.75) is 13.3 Å². The second kappa shape index (κ2) is 6.00. The zero-order valence-corrected chi connectivity index (χ0v) is 11.2. The van der Waals surface area contributed by atoms with Gasteiger partial charge in [0.2, 0.25) is 5.82 Å². The summed E-state index contributed by atoms with van der Waals surface area (Å²) in [6, 6.07) is 8.36. The van der Waals surface area contributed by atoms with E-state index in [0.29, 0.717) is 5.69 Å². The first-order valence-corrected chi connectivity index (χ1v) is 6.25. The lowest BCUT2D eigenvalue weighted by atomic mass is 10.1. The molecule has 0 spiro atoms. The number of benzene rings is 1. The summed E-state index contributed by atoms with van der Waals surface area (Å²) in [5.41, 5.74) is 1.09. The van der Waals surface area contributed by atoms with Crippen LogP contribution in [0.15, 0.2) is 36.5 Å². The molecule has 0 radical (unpaired) electrons. The van der Waals surface area contributed by atoms with Crippen molar-refractivity contribution >= 4 is 23.2 Å². The van der Waals surface area contributed by atoms with Crippen LogP contribution in [0.2, 0.25) is 0 Å². The fourth-order valence-electron chi connectivity index (χ4n) is 1.88. The molecule has 0 aliphatic rings. The third kappa shape index (κ3) is 3.14. The molecule has 2 aromatic rings. The summed E-state index contributed by atoms with van der Waals surface area (Å²) >= 11 is 0. The number of hydrogen-bond acceptors (Lipinski definition) is 5. The SMILES string of the molecule is CCc1ccccc1Nc1ncc(C(=O)O)cc1[N+](=O)[O-]. The van der Waals surface area contributed by atoms with Crippen molar-refractivity contribution in [1.82, 2.24) is 4.98 Å². The summed E-state index contributed by atoms with van der Waals surface area (Å²) < 4.78 is 0. The fraction of sp³-hybridized carbons (Fsp3) is 0.143. The molecule has 2 rings (SSSR count). The lowest BCUT2D eigenvalue weighted by molar-refractivity contribution is -0.384. The van der Waals surface area contributed by atoms with E-state index in [1.54, 1.807) is 12.1 Å². The molecule has 0 saturated heterocycles. The van der Waals surface area contributed by atoms with Crippen molar-refractivity contribution in [3.8, 4) is 0 Å². The minimum Gasteiger partial charge on any atom is -0.478 e. The number of anilines is 2. The maximum absolute atomic E-state index is 11.1. The van der Waals surface area contributed by atoms with E-state index < -0.39 is 10.9 Å². The molecule has 1 aromatic carbocycles. The Bertz CT molecular complexity index is 700. The number of hydrogen-bond donors (Lipinski definition) is 2. The molecular formula is C14H13N3O4. The first-order valence-electron chi connectivity index (χ1n) is 6.25. The Labute approximate surface area is 120 Å². The van der Waals surface area contributed by atoms with E-state index >= 15 is 0 Å². The summed E-state index contributed by atoms with van der Waals surface area (Å²) in [7, 11) is 0. The number of nitrogens with one attached hydrogen (secondary N) is 1. The molecule has 0 bridgehead atoms. The molecule has 21 heavy (non-hydrogen) atoms. The number of aromatic carboxylic acids is 1. The lowest BCUT2D eigenvalue weighted by Crippen LogP contribution is -2.05. The van der Waals surface area contributed by atoms with Crippen molar-refractivity contribution in [3.63, 3.8) is 0 Å². The highest BCUT2D eigenvalue weighted by atomic mass is 16.6. The van der Waals surface area contributed by atoms with Gasteiger partial charge < -0.3 is 10.4 Å². The Morgan fingerprint density at radius 2 is 2.14 bits per heavy atom. The highest BCUT2D eigenvalue weighted by Gasteiger charge is 2.19. The molecular weight excluding hydrogens is 274 g/mol. The van der Waals surface area contributed by atoms with E-state index in [2.05, 4.69) is 10.3 Å². The van der Waals surface area contributed by atoms with Crippen LogP contribution in [0, 0.1) is 10.1 Å². The van der Waals surface area contributed by atoms with Gasteiger partial charge in [-0.05, 0) is 18.1 Å². The molecule has 1 heterocycles. The average Bonchev–Trinajstić information content (AvgIpc) is 2.47. The minimum atomic E-state index is -1.26. The minimum absolute atomic E-state index is 0.0194.